The Morgan fingerprint density at radius 2 is 1.80 bits per heavy atom. The molecule has 0 aliphatic heterocycles. The highest BCUT2D eigenvalue weighted by atomic mass is 35.5. The number of hydrogen-bond donors (Lipinski definition) is 1. The molecule has 1 aromatic carbocycles. The molecule has 3 aromatic rings. The summed E-state index contributed by atoms with van der Waals surface area (Å²) in [5.41, 5.74) is 2.00. The molecule has 0 radical (unpaired) electrons. The van der Waals surface area contributed by atoms with E-state index in [1.54, 1.807) is 29.8 Å². The number of benzene rings is 1. The van der Waals surface area contributed by atoms with E-state index in [0.717, 1.165) is 26.3 Å². The van der Waals surface area contributed by atoms with Crippen LogP contribution < -0.4 is 5.32 Å². The minimum absolute atomic E-state index is 0.545. The first-order chi connectivity index (χ1) is 9.72. The second kappa shape index (κ2) is 5.56. The van der Waals surface area contributed by atoms with Crippen molar-refractivity contribution in [3.8, 4) is 11.3 Å². The van der Waals surface area contributed by atoms with E-state index in [1.807, 2.05) is 31.2 Å². The predicted octanol–water partition coefficient (Wildman–Crippen LogP) is 4.31. The average molecular weight is 303 g/mol. The maximum atomic E-state index is 5.90. The second-order valence-electron chi connectivity index (χ2n) is 4.13. The fourth-order valence-corrected chi connectivity index (χ4v) is 2.74. The van der Waals surface area contributed by atoms with Crippen LogP contribution in [0.5, 0.6) is 0 Å². The quantitative estimate of drug-likeness (QED) is 0.783. The van der Waals surface area contributed by atoms with Gasteiger partial charge in [0.25, 0.3) is 0 Å². The van der Waals surface area contributed by atoms with E-state index in [9.17, 15) is 0 Å². The van der Waals surface area contributed by atoms with Gasteiger partial charge < -0.3 is 5.32 Å². The molecule has 6 heteroatoms. The van der Waals surface area contributed by atoms with Gasteiger partial charge in [-0.25, -0.2) is 15.0 Å². The lowest BCUT2D eigenvalue weighted by molar-refractivity contribution is 1.16. The van der Waals surface area contributed by atoms with Crippen molar-refractivity contribution >= 4 is 34.0 Å². The van der Waals surface area contributed by atoms with Crippen LogP contribution in [0.4, 0.5) is 11.1 Å². The van der Waals surface area contributed by atoms with Crippen LogP contribution in [0, 0.1) is 6.92 Å². The van der Waals surface area contributed by atoms with Crippen LogP contribution in [-0.4, -0.2) is 15.0 Å². The van der Waals surface area contributed by atoms with Crippen molar-refractivity contribution in [3.05, 3.63) is 52.6 Å². The SMILES string of the molecule is Cc1sc(Nc2ncccn2)nc1-c1ccc(Cl)cc1. The second-order valence-corrected chi connectivity index (χ2v) is 5.77. The van der Waals surface area contributed by atoms with Crippen LogP contribution in [-0.2, 0) is 0 Å². The fraction of sp³-hybridized carbons (Fsp3) is 0.0714. The number of nitrogens with one attached hydrogen (secondary N) is 1. The Kier molecular flexibility index (Phi) is 3.62. The van der Waals surface area contributed by atoms with E-state index in [0.29, 0.717) is 5.95 Å². The molecule has 0 spiro atoms. The average Bonchev–Trinajstić information content (AvgIpc) is 2.81. The number of aryl methyl sites for hydroxylation is 1. The molecule has 2 aromatic heterocycles. The van der Waals surface area contributed by atoms with Gasteiger partial charge in [0.2, 0.25) is 5.95 Å². The molecule has 0 aliphatic rings. The molecule has 20 heavy (non-hydrogen) atoms. The van der Waals surface area contributed by atoms with Crippen molar-refractivity contribution in [1.29, 1.82) is 0 Å². The van der Waals surface area contributed by atoms with Gasteiger partial charge in [-0.3, -0.25) is 0 Å². The standard InChI is InChI=1S/C14H11ClN4S/c1-9-12(10-3-5-11(15)6-4-10)18-14(20-9)19-13-16-7-2-8-17-13/h2-8H,1H3,(H,16,17,18,19). The summed E-state index contributed by atoms with van der Waals surface area (Å²) in [5.74, 6) is 0.545. The van der Waals surface area contributed by atoms with Crippen molar-refractivity contribution in [2.24, 2.45) is 0 Å². The summed E-state index contributed by atoms with van der Waals surface area (Å²) in [5, 5.41) is 4.60. The summed E-state index contributed by atoms with van der Waals surface area (Å²) in [6.45, 7) is 2.04. The highest BCUT2D eigenvalue weighted by molar-refractivity contribution is 7.16. The molecule has 0 aliphatic carbocycles. The van der Waals surface area contributed by atoms with Gasteiger partial charge in [0.05, 0.1) is 5.69 Å². The summed E-state index contributed by atoms with van der Waals surface area (Å²) >= 11 is 7.48. The Balaban J connectivity index is 1.89. The first-order valence-electron chi connectivity index (χ1n) is 6.00. The summed E-state index contributed by atoms with van der Waals surface area (Å²) in [4.78, 5) is 14.0. The Morgan fingerprint density at radius 1 is 1.10 bits per heavy atom. The molecule has 0 saturated heterocycles. The van der Waals surface area contributed by atoms with Gasteiger partial charge in [0.1, 0.15) is 0 Å². The van der Waals surface area contributed by atoms with Crippen molar-refractivity contribution in [2.75, 3.05) is 5.32 Å². The monoisotopic (exact) mass is 302 g/mol. The predicted molar refractivity (Wildman–Crippen MR) is 82.6 cm³/mol. The lowest BCUT2D eigenvalue weighted by Gasteiger charge is -1.99. The first-order valence-corrected chi connectivity index (χ1v) is 7.19. The lowest BCUT2D eigenvalue weighted by atomic mass is 10.1. The van der Waals surface area contributed by atoms with Crippen LogP contribution in [0.1, 0.15) is 4.88 Å². The normalized spacial score (nSPS) is 10.5. The summed E-state index contributed by atoms with van der Waals surface area (Å²) in [6, 6.07) is 9.43. The Bertz CT molecular complexity index is 710. The van der Waals surface area contributed by atoms with E-state index in [2.05, 4.69) is 20.3 Å². The van der Waals surface area contributed by atoms with Gasteiger partial charge in [0, 0.05) is 27.9 Å². The third-order valence-corrected chi connectivity index (χ3v) is 3.84. The zero-order chi connectivity index (χ0) is 13.9. The fourth-order valence-electron chi connectivity index (χ4n) is 1.78. The molecule has 0 bridgehead atoms. The number of anilines is 2. The third kappa shape index (κ3) is 2.79. The van der Waals surface area contributed by atoms with E-state index < -0.39 is 0 Å². The molecular weight excluding hydrogens is 292 g/mol. The summed E-state index contributed by atoms with van der Waals surface area (Å²) < 4.78 is 0. The van der Waals surface area contributed by atoms with Gasteiger partial charge in [-0.05, 0) is 25.1 Å². The highest BCUT2D eigenvalue weighted by Gasteiger charge is 2.10. The van der Waals surface area contributed by atoms with Crippen LogP contribution in [0.2, 0.25) is 5.02 Å². The zero-order valence-electron chi connectivity index (χ0n) is 10.7. The summed E-state index contributed by atoms with van der Waals surface area (Å²) in [7, 11) is 0. The Hall–Kier alpha value is -1.98. The van der Waals surface area contributed by atoms with Crippen molar-refractivity contribution in [3.63, 3.8) is 0 Å². The van der Waals surface area contributed by atoms with Gasteiger partial charge in [-0.15, -0.1) is 11.3 Å². The van der Waals surface area contributed by atoms with Crippen molar-refractivity contribution in [1.82, 2.24) is 15.0 Å². The van der Waals surface area contributed by atoms with Crippen molar-refractivity contribution < 1.29 is 0 Å². The van der Waals surface area contributed by atoms with Crippen molar-refractivity contribution in [2.45, 2.75) is 6.92 Å². The molecule has 0 amide bonds. The number of aromatic nitrogens is 3. The Morgan fingerprint density at radius 3 is 2.50 bits per heavy atom. The third-order valence-electron chi connectivity index (χ3n) is 2.70. The van der Waals surface area contributed by atoms with Crippen LogP contribution >= 0.6 is 22.9 Å². The molecule has 1 N–H and O–H groups in total. The Labute approximate surface area is 125 Å². The molecule has 100 valence electrons. The molecule has 0 saturated carbocycles. The van der Waals surface area contributed by atoms with Gasteiger partial charge in [-0.1, -0.05) is 23.7 Å². The van der Waals surface area contributed by atoms with Crippen LogP contribution in [0.3, 0.4) is 0 Å². The topological polar surface area (TPSA) is 50.7 Å². The number of halogens is 1. The van der Waals surface area contributed by atoms with E-state index >= 15 is 0 Å². The first kappa shape index (κ1) is 13.0. The molecule has 0 atom stereocenters. The van der Waals surface area contributed by atoms with E-state index in [1.165, 1.54) is 0 Å². The molecule has 3 rings (SSSR count). The molecule has 2 heterocycles. The van der Waals surface area contributed by atoms with Gasteiger partial charge in [0.15, 0.2) is 5.13 Å². The highest BCUT2D eigenvalue weighted by Crippen LogP contribution is 2.31. The zero-order valence-corrected chi connectivity index (χ0v) is 12.2. The maximum absolute atomic E-state index is 5.90. The minimum Gasteiger partial charge on any atom is -0.300 e. The van der Waals surface area contributed by atoms with Crippen LogP contribution in [0.25, 0.3) is 11.3 Å². The minimum atomic E-state index is 0.545. The van der Waals surface area contributed by atoms with Crippen LogP contribution in [0.15, 0.2) is 42.7 Å². The smallest absolute Gasteiger partial charge is 0.228 e. The number of nitrogens with zero attached hydrogens (tertiary/aromatic N) is 3. The number of hydrogen-bond acceptors (Lipinski definition) is 5. The largest absolute Gasteiger partial charge is 0.300 e. The number of thiazole rings is 1. The molecular formula is C14H11ClN4S. The van der Waals surface area contributed by atoms with Gasteiger partial charge >= 0.3 is 0 Å². The molecule has 0 fully saturated rings. The van der Waals surface area contributed by atoms with Gasteiger partial charge in [-0.2, -0.15) is 0 Å². The van der Waals surface area contributed by atoms with E-state index in [4.69, 9.17) is 11.6 Å². The number of rotatable bonds is 3. The lowest BCUT2D eigenvalue weighted by Crippen LogP contribution is -1.94. The summed E-state index contributed by atoms with van der Waals surface area (Å²) in [6.07, 6.45) is 3.38. The maximum Gasteiger partial charge on any atom is 0.228 e. The molecule has 0 unspecified atom stereocenters. The molecule has 4 nitrogen and oxygen atoms in total. The van der Waals surface area contributed by atoms with E-state index in [-0.39, 0.29) is 0 Å².